The predicted molar refractivity (Wildman–Crippen MR) is 79.2 cm³/mol. The second-order valence-corrected chi connectivity index (χ2v) is 5.29. The number of nitrogens with two attached hydrogens (primary N) is 1. The highest BCUT2D eigenvalue weighted by Crippen LogP contribution is 2.36. The molecule has 0 bridgehead atoms. The van der Waals surface area contributed by atoms with E-state index in [1.165, 1.54) is 11.3 Å². The van der Waals surface area contributed by atoms with Crippen LogP contribution >= 0.6 is 11.3 Å². The van der Waals surface area contributed by atoms with E-state index in [4.69, 9.17) is 5.73 Å². The van der Waals surface area contributed by atoms with Crippen molar-refractivity contribution in [3.63, 3.8) is 0 Å². The molecular formula is C16H12N2OS+. The van der Waals surface area contributed by atoms with Crippen LogP contribution in [-0.2, 0) is 0 Å². The lowest BCUT2D eigenvalue weighted by molar-refractivity contribution is -0.255. The van der Waals surface area contributed by atoms with Gasteiger partial charge in [-0.2, -0.15) is 0 Å². The minimum Gasteiger partial charge on any atom is -0.227 e. The Kier molecular flexibility index (Phi) is 3.41. The maximum absolute atomic E-state index is 11.4. The minimum atomic E-state index is -0.491. The first kappa shape index (κ1) is 12.7. The molecule has 1 radical (unpaired) electrons. The maximum Gasteiger partial charge on any atom is 0.418 e. The fraction of sp³-hybridized carbons (Fsp3) is 0. The van der Waals surface area contributed by atoms with E-state index in [1.54, 1.807) is 0 Å². The number of aromatic nitrogens is 1. The van der Waals surface area contributed by atoms with Crippen LogP contribution in [0.3, 0.4) is 0 Å². The van der Waals surface area contributed by atoms with Gasteiger partial charge in [0.05, 0.1) is 10.6 Å². The third kappa shape index (κ3) is 2.39. The number of carbonyl (C=O) groups is 1. The highest BCUT2D eigenvalue weighted by molar-refractivity contribution is 7.17. The second-order valence-electron chi connectivity index (χ2n) is 4.29. The van der Waals surface area contributed by atoms with Gasteiger partial charge in [0.15, 0.2) is 0 Å². The molecule has 0 spiro atoms. The average molecular weight is 280 g/mol. The van der Waals surface area contributed by atoms with Gasteiger partial charge in [0, 0.05) is 5.56 Å². The summed E-state index contributed by atoms with van der Waals surface area (Å²) in [4.78, 5) is 16.8. The van der Waals surface area contributed by atoms with Crippen LogP contribution in [0.15, 0.2) is 60.7 Å². The van der Waals surface area contributed by atoms with Gasteiger partial charge in [-0.3, -0.25) is 0 Å². The lowest BCUT2D eigenvalue weighted by Crippen LogP contribution is -2.56. The van der Waals surface area contributed by atoms with E-state index in [0.29, 0.717) is 5.01 Å². The molecule has 0 saturated carbocycles. The maximum atomic E-state index is 11.4. The highest BCUT2D eigenvalue weighted by atomic mass is 32.1. The predicted octanol–water partition coefficient (Wildman–Crippen LogP) is 2.65. The first-order chi connectivity index (χ1) is 9.75. The fourth-order valence-corrected chi connectivity index (χ4v) is 2.95. The molecule has 3 nitrogen and oxygen atoms in total. The van der Waals surface area contributed by atoms with E-state index >= 15 is 0 Å². The van der Waals surface area contributed by atoms with E-state index in [-0.39, 0.29) is 0 Å². The third-order valence-corrected chi connectivity index (χ3v) is 4.04. The van der Waals surface area contributed by atoms with Crippen molar-refractivity contribution in [2.45, 2.75) is 0 Å². The van der Waals surface area contributed by atoms with Crippen LogP contribution in [0.4, 0.5) is 0 Å². The van der Waals surface area contributed by atoms with Crippen LogP contribution in [0.2, 0.25) is 0 Å². The molecule has 20 heavy (non-hydrogen) atoms. The van der Waals surface area contributed by atoms with Gasteiger partial charge in [-0.1, -0.05) is 60.7 Å². The van der Waals surface area contributed by atoms with E-state index in [0.717, 1.165) is 21.7 Å². The molecule has 0 atom stereocenters. The zero-order chi connectivity index (χ0) is 13.9. The first-order valence-corrected chi connectivity index (χ1v) is 6.99. The Balaban J connectivity index is 2.20. The number of carbonyl (C=O) groups excluding carboxylic acids is 1. The molecule has 0 aliphatic heterocycles. The molecule has 3 rings (SSSR count). The van der Waals surface area contributed by atoms with Gasteiger partial charge in [0.25, 0.3) is 0 Å². The molecule has 0 saturated heterocycles. The van der Waals surface area contributed by atoms with E-state index in [9.17, 15) is 4.79 Å². The molecule has 97 valence electrons. The molecule has 2 aromatic carbocycles. The third-order valence-electron chi connectivity index (χ3n) is 2.92. The Labute approximate surface area is 120 Å². The summed E-state index contributed by atoms with van der Waals surface area (Å²) in [7, 11) is 0. The summed E-state index contributed by atoms with van der Waals surface area (Å²) >= 11 is 1.33. The van der Waals surface area contributed by atoms with Crippen LogP contribution in [-0.4, -0.2) is 10.9 Å². The molecule has 1 aromatic heterocycles. The van der Waals surface area contributed by atoms with Crippen molar-refractivity contribution in [3.05, 3.63) is 65.7 Å². The largest absolute Gasteiger partial charge is 0.418 e. The van der Waals surface area contributed by atoms with Crippen molar-refractivity contribution >= 4 is 17.2 Å². The van der Waals surface area contributed by atoms with Crippen molar-refractivity contribution in [1.82, 2.24) is 4.98 Å². The lowest BCUT2D eigenvalue weighted by atomic mass is 10.1. The normalized spacial score (nSPS) is 10.4. The number of primary amides is 1. The van der Waals surface area contributed by atoms with Crippen molar-refractivity contribution in [1.29, 1.82) is 0 Å². The van der Waals surface area contributed by atoms with Crippen LogP contribution in [0.1, 0.15) is 9.80 Å². The molecule has 0 unspecified atom stereocenters. The summed E-state index contributed by atoms with van der Waals surface area (Å²) in [6.45, 7) is 0. The monoisotopic (exact) mass is 280 g/mol. The van der Waals surface area contributed by atoms with Gasteiger partial charge in [0.1, 0.15) is 0 Å². The van der Waals surface area contributed by atoms with Gasteiger partial charge in [-0.15, -0.1) is 17.1 Å². The SMILES string of the molecule is [NH2+]C(=O)c1nc(-c2ccccc2)c(-c2ccccc2)s1. The standard InChI is InChI=1S/C16H12N2OS/c17-15(19)16-18-13(11-7-3-1-4-8-11)14(20-16)12-9-5-2-6-10-12/h1-10H,17H2/q+1. The van der Waals surface area contributed by atoms with Crippen molar-refractivity contribution in [2.75, 3.05) is 0 Å². The highest BCUT2D eigenvalue weighted by Gasteiger charge is 2.19. The first-order valence-electron chi connectivity index (χ1n) is 6.17. The Morgan fingerprint density at radius 3 is 2.00 bits per heavy atom. The number of nitrogens with zero attached hydrogens (tertiary/aromatic N) is 1. The number of hydrogen-bond acceptors (Lipinski definition) is 3. The van der Waals surface area contributed by atoms with Crippen LogP contribution in [0.25, 0.3) is 21.7 Å². The van der Waals surface area contributed by atoms with Crippen LogP contribution < -0.4 is 5.73 Å². The molecule has 1 amide bonds. The summed E-state index contributed by atoms with van der Waals surface area (Å²) in [5, 5.41) is 0.336. The summed E-state index contributed by atoms with van der Waals surface area (Å²) in [6.07, 6.45) is 0. The zero-order valence-electron chi connectivity index (χ0n) is 10.6. The van der Waals surface area contributed by atoms with E-state index in [1.807, 2.05) is 60.7 Å². The number of amides is 1. The van der Waals surface area contributed by atoms with Gasteiger partial charge in [-0.05, 0) is 5.56 Å². The molecule has 0 fully saturated rings. The quantitative estimate of drug-likeness (QED) is 0.802. The Morgan fingerprint density at radius 2 is 1.45 bits per heavy atom. The summed E-state index contributed by atoms with van der Waals surface area (Å²) in [5.74, 6) is -0.491. The fourth-order valence-electron chi connectivity index (χ4n) is 2.00. The number of rotatable bonds is 3. The summed E-state index contributed by atoms with van der Waals surface area (Å²) in [5.41, 5.74) is 8.18. The van der Waals surface area contributed by atoms with Crippen LogP contribution in [0, 0.1) is 0 Å². The number of hydrogen-bond donors (Lipinski definition) is 1. The van der Waals surface area contributed by atoms with Gasteiger partial charge < -0.3 is 0 Å². The summed E-state index contributed by atoms with van der Waals surface area (Å²) in [6, 6.07) is 19.7. The molecule has 0 aliphatic carbocycles. The number of thiazole rings is 1. The Morgan fingerprint density at radius 1 is 0.900 bits per heavy atom. The topological polar surface area (TPSA) is 55.3 Å². The van der Waals surface area contributed by atoms with Crippen molar-refractivity contribution < 1.29 is 10.5 Å². The molecule has 3 aromatic rings. The lowest BCUT2D eigenvalue weighted by Gasteiger charge is -2.02. The van der Waals surface area contributed by atoms with E-state index < -0.39 is 5.91 Å². The average Bonchev–Trinajstić information content (AvgIpc) is 2.94. The van der Waals surface area contributed by atoms with Gasteiger partial charge in [0.2, 0.25) is 5.01 Å². The smallest absolute Gasteiger partial charge is 0.227 e. The molecule has 1 heterocycles. The minimum absolute atomic E-state index is 0.336. The molecule has 4 heteroatoms. The molecule has 2 N–H and O–H groups in total. The van der Waals surface area contributed by atoms with E-state index in [2.05, 4.69) is 4.98 Å². The summed E-state index contributed by atoms with van der Waals surface area (Å²) < 4.78 is 0. The second kappa shape index (κ2) is 5.36. The number of benzene rings is 2. The van der Waals surface area contributed by atoms with Crippen LogP contribution in [0.5, 0.6) is 0 Å². The molecule has 0 aliphatic rings. The van der Waals surface area contributed by atoms with Crippen molar-refractivity contribution in [3.8, 4) is 21.7 Å². The zero-order valence-corrected chi connectivity index (χ0v) is 11.4. The molecular weight excluding hydrogens is 268 g/mol. The van der Waals surface area contributed by atoms with Gasteiger partial charge in [-0.25, -0.2) is 9.78 Å². The van der Waals surface area contributed by atoms with Crippen molar-refractivity contribution in [2.24, 2.45) is 0 Å². The Hall–Kier alpha value is -2.30. The van der Waals surface area contributed by atoms with Gasteiger partial charge >= 0.3 is 5.91 Å². The Bertz CT molecular complexity index is 679.